The normalized spacial score (nSPS) is 17.2. The minimum Gasteiger partial charge on any atom is -0.346 e. The summed E-state index contributed by atoms with van der Waals surface area (Å²) in [6.45, 7) is 0.885. The minimum atomic E-state index is -0.349. The molecule has 1 aliphatic rings. The molecule has 4 heterocycles. The predicted octanol–water partition coefficient (Wildman–Crippen LogP) is 0.374. The van der Waals surface area contributed by atoms with Crippen molar-refractivity contribution in [2.75, 3.05) is 13.1 Å². The molecule has 0 radical (unpaired) electrons. The van der Waals surface area contributed by atoms with Gasteiger partial charge in [-0.25, -0.2) is 9.97 Å². The first-order valence-corrected chi connectivity index (χ1v) is 7.95. The van der Waals surface area contributed by atoms with E-state index in [4.69, 9.17) is 11.6 Å². The number of hydrogen-bond acceptors (Lipinski definition) is 6. The second-order valence-corrected chi connectivity index (χ2v) is 6.07. The molecular weight excluding hydrogens is 348 g/mol. The molecule has 0 unspecified atom stereocenters. The van der Waals surface area contributed by atoms with Gasteiger partial charge in [0.15, 0.2) is 0 Å². The molecule has 0 aromatic carbocycles. The summed E-state index contributed by atoms with van der Waals surface area (Å²) in [5, 5.41) is 16.0. The van der Waals surface area contributed by atoms with Crippen LogP contribution in [0, 0.1) is 0 Å². The van der Waals surface area contributed by atoms with Crippen molar-refractivity contribution in [1.29, 1.82) is 0 Å². The highest BCUT2D eigenvalue weighted by molar-refractivity contribution is 6.33. The van der Waals surface area contributed by atoms with Crippen LogP contribution in [0.4, 0.5) is 0 Å². The molecule has 1 aliphatic heterocycles. The van der Waals surface area contributed by atoms with Crippen LogP contribution in [-0.2, 0) is 0 Å². The number of amides is 2. The van der Waals surface area contributed by atoms with E-state index in [-0.39, 0.29) is 34.4 Å². The third kappa shape index (κ3) is 2.91. The molecule has 4 rings (SSSR count). The maximum Gasteiger partial charge on any atom is 0.291 e. The Balaban J connectivity index is 1.42. The molecule has 1 atom stereocenters. The molecule has 0 spiro atoms. The molecule has 0 bridgehead atoms. The predicted molar refractivity (Wildman–Crippen MR) is 87.1 cm³/mol. The molecule has 3 aromatic heterocycles. The topological polar surface area (TPSA) is 133 Å². The van der Waals surface area contributed by atoms with Crippen molar-refractivity contribution < 1.29 is 9.59 Å². The molecule has 0 saturated carbocycles. The lowest BCUT2D eigenvalue weighted by molar-refractivity contribution is 0.0772. The van der Waals surface area contributed by atoms with Crippen LogP contribution < -0.4 is 5.32 Å². The highest BCUT2D eigenvalue weighted by Gasteiger charge is 2.30. The Morgan fingerprint density at radius 3 is 2.88 bits per heavy atom. The number of rotatable bonds is 3. The first-order valence-electron chi connectivity index (χ1n) is 7.57. The van der Waals surface area contributed by atoms with Crippen LogP contribution in [0.1, 0.15) is 27.5 Å². The molecule has 3 N–H and O–H groups in total. The number of likely N-dealkylation sites (tertiary alicyclic amines) is 1. The van der Waals surface area contributed by atoms with Gasteiger partial charge in [-0.1, -0.05) is 11.6 Å². The summed E-state index contributed by atoms with van der Waals surface area (Å²) in [4.78, 5) is 34.6. The van der Waals surface area contributed by atoms with Crippen molar-refractivity contribution in [3.05, 3.63) is 35.1 Å². The zero-order valence-corrected chi connectivity index (χ0v) is 13.6. The van der Waals surface area contributed by atoms with Crippen molar-refractivity contribution in [3.8, 4) is 0 Å². The van der Waals surface area contributed by atoms with E-state index >= 15 is 0 Å². The Labute approximate surface area is 146 Å². The minimum absolute atomic E-state index is 0.109. The van der Waals surface area contributed by atoms with Crippen LogP contribution in [0.25, 0.3) is 11.0 Å². The van der Waals surface area contributed by atoms with E-state index in [1.165, 1.54) is 18.6 Å². The van der Waals surface area contributed by atoms with Gasteiger partial charge in [0, 0.05) is 19.1 Å². The summed E-state index contributed by atoms with van der Waals surface area (Å²) in [7, 11) is 0. The number of carbonyl (C=O) groups excluding carboxylic acids is 2. The largest absolute Gasteiger partial charge is 0.346 e. The molecule has 0 aliphatic carbocycles. The highest BCUT2D eigenvalue weighted by Crippen LogP contribution is 2.16. The highest BCUT2D eigenvalue weighted by atomic mass is 35.5. The monoisotopic (exact) mass is 360 g/mol. The molecule has 1 saturated heterocycles. The lowest BCUT2D eigenvalue weighted by Gasteiger charge is -2.16. The average molecular weight is 361 g/mol. The molecular formula is C14H13ClN8O2. The van der Waals surface area contributed by atoms with Gasteiger partial charge in [-0.2, -0.15) is 10.2 Å². The van der Waals surface area contributed by atoms with Crippen LogP contribution in [0.5, 0.6) is 0 Å². The van der Waals surface area contributed by atoms with Crippen LogP contribution >= 0.6 is 11.6 Å². The third-order valence-corrected chi connectivity index (χ3v) is 4.30. The van der Waals surface area contributed by atoms with E-state index in [1.807, 2.05) is 0 Å². The molecule has 11 heteroatoms. The Bertz CT molecular complexity index is 951. The Hall–Kier alpha value is -3.01. The number of fused-ring (bicyclic) bond motifs is 1. The number of halogens is 1. The number of nitrogens with zero attached hydrogens (tertiary/aromatic N) is 5. The first-order chi connectivity index (χ1) is 12.1. The lowest BCUT2D eigenvalue weighted by Crippen LogP contribution is -2.39. The van der Waals surface area contributed by atoms with Crippen molar-refractivity contribution in [3.63, 3.8) is 0 Å². The van der Waals surface area contributed by atoms with Crippen LogP contribution in [0.3, 0.4) is 0 Å². The second kappa shape index (κ2) is 6.13. The van der Waals surface area contributed by atoms with Gasteiger partial charge in [0.2, 0.25) is 5.82 Å². The maximum atomic E-state index is 12.5. The van der Waals surface area contributed by atoms with Crippen molar-refractivity contribution in [1.82, 2.24) is 40.6 Å². The fourth-order valence-electron chi connectivity index (χ4n) is 2.74. The fourth-order valence-corrected chi connectivity index (χ4v) is 2.91. The standard InChI is InChI=1S/C14H13ClN8O2/c15-8-3-17-22-11(8)13(24)19-7-1-2-23(6-7)14(25)12-16-4-10-9(20-12)5-18-21-10/h3-5,7H,1-2,6H2,(H,17,22)(H,18,21)(H,19,24)/t7-/m0/s1. The Morgan fingerprint density at radius 1 is 1.24 bits per heavy atom. The van der Waals surface area contributed by atoms with E-state index in [1.54, 1.807) is 4.90 Å². The van der Waals surface area contributed by atoms with Crippen LogP contribution in [-0.4, -0.2) is 66.2 Å². The summed E-state index contributed by atoms with van der Waals surface area (Å²) in [5.41, 5.74) is 1.45. The van der Waals surface area contributed by atoms with Gasteiger partial charge in [0.1, 0.15) is 16.7 Å². The van der Waals surface area contributed by atoms with Gasteiger partial charge in [0.25, 0.3) is 11.8 Å². The lowest BCUT2D eigenvalue weighted by atomic mass is 10.2. The van der Waals surface area contributed by atoms with Gasteiger partial charge in [0.05, 0.1) is 23.6 Å². The molecule has 128 valence electrons. The summed E-state index contributed by atoms with van der Waals surface area (Å²) in [5.74, 6) is -0.519. The fraction of sp³-hybridized carbons (Fsp3) is 0.286. The number of carbonyl (C=O) groups is 2. The molecule has 3 aromatic rings. The van der Waals surface area contributed by atoms with Gasteiger partial charge in [-0.3, -0.25) is 19.8 Å². The third-order valence-electron chi connectivity index (χ3n) is 4.01. The van der Waals surface area contributed by atoms with Crippen LogP contribution in [0.2, 0.25) is 5.02 Å². The number of H-pyrrole nitrogens is 2. The van der Waals surface area contributed by atoms with Gasteiger partial charge in [-0.15, -0.1) is 0 Å². The van der Waals surface area contributed by atoms with Gasteiger partial charge >= 0.3 is 0 Å². The Morgan fingerprint density at radius 2 is 2.08 bits per heavy atom. The summed E-state index contributed by atoms with van der Waals surface area (Å²) < 4.78 is 0. The molecule has 1 fully saturated rings. The Kier molecular flexibility index (Phi) is 3.80. The first kappa shape index (κ1) is 15.5. The number of nitrogens with one attached hydrogen (secondary N) is 3. The van der Waals surface area contributed by atoms with Crippen molar-refractivity contribution in [2.24, 2.45) is 0 Å². The van der Waals surface area contributed by atoms with E-state index in [0.717, 1.165) is 0 Å². The van der Waals surface area contributed by atoms with E-state index in [0.29, 0.717) is 30.5 Å². The second-order valence-electron chi connectivity index (χ2n) is 5.67. The zero-order valence-electron chi connectivity index (χ0n) is 12.9. The van der Waals surface area contributed by atoms with Gasteiger partial charge in [-0.05, 0) is 6.42 Å². The van der Waals surface area contributed by atoms with Crippen molar-refractivity contribution in [2.45, 2.75) is 12.5 Å². The van der Waals surface area contributed by atoms with E-state index in [9.17, 15) is 9.59 Å². The number of aromatic amines is 2. The smallest absolute Gasteiger partial charge is 0.291 e. The van der Waals surface area contributed by atoms with Crippen molar-refractivity contribution >= 4 is 34.4 Å². The summed E-state index contributed by atoms with van der Waals surface area (Å²) in [6, 6.07) is -0.173. The van der Waals surface area contributed by atoms with E-state index < -0.39 is 0 Å². The average Bonchev–Trinajstić information content (AvgIpc) is 3.33. The molecule has 2 amide bonds. The van der Waals surface area contributed by atoms with Crippen LogP contribution in [0.15, 0.2) is 18.6 Å². The zero-order chi connectivity index (χ0) is 17.4. The van der Waals surface area contributed by atoms with Gasteiger partial charge < -0.3 is 10.2 Å². The number of hydrogen-bond donors (Lipinski definition) is 3. The quantitative estimate of drug-likeness (QED) is 0.618. The molecule has 10 nitrogen and oxygen atoms in total. The molecule has 25 heavy (non-hydrogen) atoms. The summed E-state index contributed by atoms with van der Waals surface area (Å²) in [6.07, 6.45) is 5.06. The van der Waals surface area contributed by atoms with E-state index in [2.05, 4.69) is 35.7 Å². The maximum absolute atomic E-state index is 12.5. The number of aromatic nitrogens is 6. The SMILES string of the molecule is O=C(N[C@H]1CCN(C(=O)c2ncc3[nH]ncc3n2)C1)c1[nH]ncc1Cl. The summed E-state index contributed by atoms with van der Waals surface area (Å²) >= 11 is 5.87.